The highest BCUT2D eigenvalue weighted by molar-refractivity contribution is 5.82. The zero-order valence-electron chi connectivity index (χ0n) is 17.6. The topological polar surface area (TPSA) is 41.6 Å². The largest absolute Gasteiger partial charge is 0.416 e. The predicted molar refractivity (Wildman–Crippen MR) is 116 cm³/mol. The molecule has 1 fully saturated rings. The predicted octanol–water partition coefficient (Wildman–Crippen LogP) is 7.35. The molecule has 1 aliphatic carbocycles. The Morgan fingerprint density at radius 2 is 1.72 bits per heavy atom. The molecule has 2 heterocycles. The number of hydrogen-bond donors (Lipinski definition) is 1. The third kappa shape index (κ3) is 3.85. The first-order chi connectivity index (χ1) is 15.3. The first-order valence-electron chi connectivity index (χ1n) is 10.9. The Kier molecular flexibility index (Phi) is 5.14. The molecule has 166 valence electrons. The molecule has 0 amide bonds. The molecule has 0 radical (unpaired) electrons. The maximum absolute atomic E-state index is 13.8. The summed E-state index contributed by atoms with van der Waals surface area (Å²) in [5, 5.41) is 0.877. The minimum atomic E-state index is -4.37. The highest BCUT2D eigenvalue weighted by atomic mass is 19.4. The number of benzene rings is 2. The van der Waals surface area contributed by atoms with Gasteiger partial charge in [-0.3, -0.25) is 4.98 Å². The third-order valence-corrected chi connectivity index (χ3v) is 6.91. The highest BCUT2D eigenvalue weighted by Crippen LogP contribution is 2.43. The van der Waals surface area contributed by atoms with Crippen molar-refractivity contribution in [2.45, 2.75) is 50.6 Å². The summed E-state index contributed by atoms with van der Waals surface area (Å²) in [6.07, 6.45) is 1.33. The molecule has 5 rings (SSSR count). The van der Waals surface area contributed by atoms with Gasteiger partial charge in [-0.1, -0.05) is 6.92 Å². The first kappa shape index (κ1) is 20.9. The van der Waals surface area contributed by atoms with Crippen molar-refractivity contribution in [3.05, 3.63) is 71.4 Å². The van der Waals surface area contributed by atoms with Gasteiger partial charge in [-0.05, 0) is 85.5 Å². The minimum Gasteiger partial charge on any atom is -0.342 e. The summed E-state index contributed by atoms with van der Waals surface area (Å²) in [5.41, 5.74) is 2.25. The van der Waals surface area contributed by atoms with E-state index in [1.165, 1.54) is 12.1 Å². The molecule has 4 aromatic rings. The number of H-pyrrole nitrogens is 1. The van der Waals surface area contributed by atoms with Gasteiger partial charge in [-0.15, -0.1) is 0 Å². The van der Waals surface area contributed by atoms with Gasteiger partial charge in [-0.2, -0.15) is 13.2 Å². The van der Waals surface area contributed by atoms with Gasteiger partial charge in [0.15, 0.2) is 0 Å². The van der Waals surface area contributed by atoms with E-state index in [0.29, 0.717) is 22.9 Å². The van der Waals surface area contributed by atoms with Crippen LogP contribution in [0.5, 0.6) is 0 Å². The van der Waals surface area contributed by atoms with Crippen molar-refractivity contribution in [3.8, 4) is 0 Å². The van der Waals surface area contributed by atoms with E-state index in [2.05, 4.69) is 21.9 Å². The van der Waals surface area contributed by atoms with Crippen LogP contribution in [0.3, 0.4) is 0 Å². The number of fused-ring (bicyclic) bond motifs is 2. The maximum Gasteiger partial charge on any atom is 0.416 e. The van der Waals surface area contributed by atoms with Crippen LogP contribution in [-0.2, 0) is 6.18 Å². The number of imidazole rings is 1. The second kappa shape index (κ2) is 7.87. The van der Waals surface area contributed by atoms with E-state index in [9.17, 15) is 17.6 Å². The number of pyridine rings is 1. The molecule has 0 spiro atoms. The fourth-order valence-corrected chi connectivity index (χ4v) is 5.07. The lowest BCUT2D eigenvalue weighted by molar-refractivity contribution is -0.137. The molecule has 2 aromatic heterocycles. The Labute approximate surface area is 182 Å². The molecule has 2 aromatic carbocycles. The second-order valence-electron chi connectivity index (χ2n) is 8.81. The van der Waals surface area contributed by atoms with Crippen LogP contribution < -0.4 is 0 Å². The van der Waals surface area contributed by atoms with E-state index >= 15 is 0 Å². The number of nitrogens with one attached hydrogen (secondary N) is 1. The zero-order valence-corrected chi connectivity index (χ0v) is 17.6. The van der Waals surface area contributed by atoms with Gasteiger partial charge in [0, 0.05) is 17.5 Å². The number of aromatic amines is 1. The molecule has 0 unspecified atom stereocenters. The van der Waals surface area contributed by atoms with Crippen molar-refractivity contribution < 1.29 is 17.6 Å². The normalized spacial score (nSPS) is 20.7. The van der Waals surface area contributed by atoms with Crippen molar-refractivity contribution in [1.82, 2.24) is 15.0 Å². The second-order valence-corrected chi connectivity index (χ2v) is 8.81. The lowest BCUT2D eigenvalue weighted by atomic mass is 9.73. The lowest BCUT2D eigenvalue weighted by Gasteiger charge is -2.32. The van der Waals surface area contributed by atoms with E-state index in [0.717, 1.165) is 60.1 Å². The van der Waals surface area contributed by atoms with Crippen LogP contribution in [0.4, 0.5) is 17.6 Å². The van der Waals surface area contributed by atoms with Crippen LogP contribution in [-0.4, -0.2) is 15.0 Å². The van der Waals surface area contributed by atoms with Crippen LogP contribution in [0.1, 0.15) is 61.4 Å². The van der Waals surface area contributed by atoms with Crippen LogP contribution >= 0.6 is 0 Å². The van der Waals surface area contributed by atoms with E-state index in [4.69, 9.17) is 0 Å². The monoisotopic (exact) mass is 441 g/mol. The van der Waals surface area contributed by atoms with Gasteiger partial charge in [0.25, 0.3) is 0 Å². The van der Waals surface area contributed by atoms with Gasteiger partial charge in [-0.25, -0.2) is 9.37 Å². The Bertz CT molecular complexity index is 1270. The van der Waals surface area contributed by atoms with Crippen LogP contribution in [0.2, 0.25) is 0 Å². The Balaban J connectivity index is 1.33. The number of alkyl halides is 3. The summed E-state index contributed by atoms with van der Waals surface area (Å²) in [4.78, 5) is 12.0. The Morgan fingerprint density at radius 1 is 0.969 bits per heavy atom. The minimum absolute atomic E-state index is 0.115. The summed E-state index contributed by atoms with van der Waals surface area (Å²) >= 11 is 0. The summed E-state index contributed by atoms with van der Waals surface area (Å²) in [7, 11) is 0. The lowest BCUT2D eigenvalue weighted by Crippen LogP contribution is -2.19. The molecule has 0 saturated heterocycles. The number of nitrogens with zero attached hydrogens (tertiary/aromatic N) is 2. The maximum atomic E-state index is 13.8. The van der Waals surface area contributed by atoms with Crippen molar-refractivity contribution in [2.75, 3.05) is 0 Å². The SMILES string of the molecule is C[C@@H](c1nc2ccc(C(F)(F)F)cc2[nH]1)C1CCC(c2ccnc3ccc(F)cc23)CC1. The van der Waals surface area contributed by atoms with E-state index in [1.807, 2.05) is 6.07 Å². The molecule has 1 saturated carbocycles. The first-order valence-corrected chi connectivity index (χ1v) is 10.9. The van der Waals surface area contributed by atoms with Crippen molar-refractivity contribution in [3.63, 3.8) is 0 Å². The number of rotatable bonds is 3. The number of halogens is 4. The standard InChI is InChI=1S/C25H23F4N3/c1-14(24-31-22-8-6-17(25(27,28)29)12-23(22)32-24)15-2-4-16(5-3-15)19-10-11-30-21-9-7-18(26)13-20(19)21/h6-16H,2-5H2,1H3,(H,31,32)/t14-,15?,16?/m1/s1. The fourth-order valence-electron chi connectivity index (χ4n) is 5.07. The zero-order chi connectivity index (χ0) is 22.5. The average molecular weight is 441 g/mol. The third-order valence-electron chi connectivity index (χ3n) is 6.91. The quantitative estimate of drug-likeness (QED) is 0.338. The molecule has 1 N–H and O–H groups in total. The van der Waals surface area contributed by atoms with Crippen LogP contribution in [0.15, 0.2) is 48.7 Å². The summed E-state index contributed by atoms with van der Waals surface area (Å²) in [6.45, 7) is 2.09. The van der Waals surface area contributed by atoms with Crippen LogP contribution in [0.25, 0.3) is 21.9 Å². The highest BCUT2D eigenvalue weighted by Gasteiger charge is 2.32. The molecular formula is C25H23F4N3. The van der Waals surface area contributed by atoms with Crippen LogP contribution in [0, 0.1) is 11.7 Å². The van der Waals surface area contributed by atoms with Crippen molar-refractivity contribution >= 4 is 21.9 Å². The van der Waals surface area contributed by atoms with E-state index in [-0.39, 0.29) is 11.7 Å². The molecule has 32 heavy (non-hydrogen) atoms. The van der Waals surface area contributed by atoms with Gasteiger partial charge in [0.2, 0.25) is 0 Å². The molecule has 7 heteroatoms. The Morgan fingerprint density at radius 3 is 2.47 bits per heavy atom. The van der Waals surface area contributed by atoms with E-state index in [1.54, 1.807) is 18.3 Å². The number of hydrogen-bond acceptors (Lipinski definition) is 2. The van der Waals surface area contributed by atoms with Gasteiger partial charge >= 0.3 is 6.18 Å². The molecule has 1 atom stereocenters. The smallest absolute Gasteiger partial charge is 0.342 e. The molecule has 0 bridgehead atoms. The molecular weight excluding hydrogens is 418 g/mol. The molecule has 1 aliphatic rings. The summed E-state index contributed by atoms with van der Waals surface area (Å²) < 4.78 is 52.8. The van der Waals surface area contributed by atoms with Gasteiger partial charge < -0.3 is 4.98 Å². The number of aromatic nitrogens is 3. The van der Waals surface area contributed by atoms with E-state index < -0.39 is 11.7 Å². The fraction of sp³-hybridized carbons (Fsp3) is 0.360. The molecule has 3 nitrogen and oxygen atoms in total. The molecule has 0 aliphatic heterocycles. The Hall–Kier alpha value is -2.96. The van der Waals surface area contributed by atoms with Crippen molar-refractivity contribution in [1.29, 1.82) is 0 Å². The van der Waals surface area contributed by atoms with Gasteiger partial charge in [0.05, 0.1) is 22.1 Å². The van der Waals surface area contributed by atoms with Gasteiger partial charge in [0.1, 0.15) is 11.6 Å². The summed E-state index contributed by atoms with van der Waals surface area (Å²) in [5.74, 6) is 1.32. The average Bonchev–Trinajstić information content (AvgIpc) is 3.21. The van der Waals surface area contributed by atoms with Crippen molar-refractivity contribution in [2.24, 2.45) is 5.92 Å². The summed E-state index contributed by atoms with van der Waals surface area (Å²) in [6, 6.07) is 10.3.